The van der Waals surface area contributed by atoms with Crippen molar-refractivity contribution in [1.82, 2.24) is 0 Å². The van der Waals surface area contributed by atoms with Gasteiger partial charge in [-0.2, -0.15) is 0 Å². The maximum Gasteiger partial charge on any atom is 0.311 e. The number of nitrogens with zero attached hydrogens (tertiary/aromatic N) is 1. The zero-order valence-corrected chi connectivity index (χ0v) is 9.01. The minimum absolute atomic E-state index is 0.0657. The van der Waals surface area contributed by atoms with Crippen molar-refractivity contribution in [1.29, 1.82) is 0 Å². The molecule has 0 aliphatic carbocycles. The zero-order valence-electron chi connectivity index (χ0n) is 9.01. The van der Waals surface area contributed by atoms with Crippen molar-refractivity contribution >= 4 is 12.0 Å². The molecular formula is C11H13NO4. The van der Waals surface area contributed by atoms with Gasteiger partial charge in [0.2, 0.25) is 5.75 Å². The zero-order chi connectivity index (χ0) is 12.0. The fraction of sp³-hybridized carbons (Fsp3) is 0.364. The Morgan fingerprint density at radius 2 is 2.25 bits per heavy atom. The molecule has 0 atom stereocenters. The molecule has 0 fully saturated rings. The quantitative estimate of drug-likeness (QED) is 0.321. The number of hydrogen-bond donors (Lipinski definition) is 0. The minimum atomic E-state index is -0.547. The van der Waals surface area contributed by atoms with Crippen LogP contribution >= 0.6 is 0 Å². The Labute approximate surface area is 93.2 Å². The molecule has 0 saturated carbocycles. The molecule has 0 aliphatic heterocycles. The highest BCUT2D eigenvalue weighted by Crippen LogP contribution is 2.29. The summed E-state index contributed by atoms with van der Waals surface area (Å²) in [6.07, 6.45) is 2.29. The first kappa shape index (κ1) is 12.2. The van der Waals surface area contributed by atoms with Crippen molar-refractivity contribution in [3.05, 3.63) is 33.9 Å². The summed E-state index contributed by atoms with van der Waals surface area (Å²) in [4.78, 5) is 20.9. The van der Waals surface area contributed by atoms with Gasteiger partial charge >= 0.3 is 5.69 Å². The van der Waals surface area contributed by atoms with Gasteiger partial charge in [0.15, 0.2) is 6.29 Å². The molecule has 0 spiro atoms. The maximum atomic E-state index is 10.7. The molecule has 16 heavy (non-hydrogen) atoms. The second kappa shape index (κ2) is 5.85. The number of ether oxygens (including phenoxy) is 1. The van der Waals surface area contributed by atoms with Gasteiger partial charge in [0, 0.05) is 6.07 Å². The monoisotopic (exact) mass is 223 g/mol. The Balaban J connectivity index is 3.00. The number of hydrogen-bond acceptors (Lipinski definition) is 4. The number of benzene rings is 1. The fourth-order valence-corrected chi connectivity index (χ4v) is 1.25. The smallest absolute Gasteiger partial charge is 0.311 e. The van der Waals surface area contributed by atoms with E-state index in [9.17, 15) is 14.9 Å². The van der Waals surface area contributed by atoms with Crippen molar-refractivity contribution in [2.45, 2.75) is 19.8 Å². The number of para-hydroxylation sites is 1. The van der Waals surface area contributed by atoms with Crippen LogP contribution in [0.1, 0.15) is 30.1 Å². The Kier molecular flexibility index (Phi) is 4.44. The van der Waals surface area contributed by atoms with Crippen molar-refractivity contribution in [3.8, 4) is 5.75 Å². The summed E-state index contributed by atoms with van der Waals surface area (Å²) >= 11 is 0. The van der Waals surface area contributed by atoms with Gasteiger partial charge in [0.25, 0.3) is 0 Å². The van der Waals surface area contributed by atoms with Crippen molar-refractivity contribution < 1.29 is 14.5 Å². The summed E-state index contributed by atoms with van der Waals surface area (Å²) in [5.74, 6) is 0.0657. The average Bonchev–Trinajstić information content (AvgIpc) is 2.29. The second-order valence-corrected chi connectivity index (χ2v) is 3.27. The van der Waals surface area contributed by atoms with E-state index in [1.807, 2.05) is 6.92 Å². The first-order chi connectivity index (χ1) is 7.70. The summed E-state index contributed by atoms with van der Waals surface area (Å²) < 4.78 is 5.29. The van der Waals surface area contributed by atoms with Gasteiger partial charge in [-0.3, -0.25) is 14.9 Å². The van der Waals surface area contributed by atoms with Gasteiger partial charge < -0.3 is 4.74 Å². The molecule has 1 aromatic rings. The molecule has 5 heteroatoms. The van der Waals surface area contributed by atoms with Crippen LogP contribution in [0.3, 0.4) is 0 Å². The van der Waals surface area contributed by atoms with Crippen molar-refractivity contribution in [2.24, 2.45) is 0 Å². The number of nitro groups is 1. The van der Waals surface area contributed by atoms with Gasteiger partial charge in [-0.1, -0.05) is 19.4 Å². The van der Waals surface area contributed by atoms with E-state index >= 15 is 0 Å². The van der Waals surface area contributed by atoms with Crippen LogP contribution in [0.4, 0.5) is 5.69 Å². The molecule has 86 valence electrons. The van der Waals surface area contributed by atoms with Gasteiger partial charge in [-0.15, -0.1) is 0 Å². The lowest BCUT2D eigenvalue weighted by Gasteiger charge is -2.07. The molecule has 5 nitrogen and oxygen atoms in total. The molecule has 0 radical (unpaired) electrons. The van der Waals surface area contributed by atoms with E-state index in [4.69, 9.17) is 4.74 Å². The van der Waals surface area contributed by atoms with Crippen LogP contribution in [-0.4, -0.2) is 17.8 Å². The largest absolute Gasteiger partial charge is 0.486 e. The SMILES string of the molecule is CCCCOc1c(C=O)cccc1[N+](=O)[O-]. The number of aldehydes is 1. The van der Waals surface area contributed by atoms with Crippen LogP contribution < -0.4 is 4.74 Å². The first-order valence-electron chi connectivity index (χ1n) is 5.06. The predicted molar refractivity (Wildman–Crippen MR) is 58.9 cm³/mol. The lowest BCUT2D eigenvalue weighted by Crippen LogP contribution is -2.03. The number of rotatable bonds is 6. The highest BCUT2D eigenvalue weighted by atomic mass is 16.6. The third kappa shape index (κ3) is 2.79. The normalized spacial score (nSPS) is 9.81. The standard InChI is InChI=1S/C11H13NO4/c1-2-3-7-16-11-9(8-13)5-4-6-10(11)12(14)15/h4-6,8H,2-3,7H2,1H3. The van der Waals surface area contributed by atoms with E-state index < -0.39 is 4.92 Å². The van der Waals surface area contributed by atoms with E-state index in [-0.39, 0.29) is 17.0 Å². The van der Waals surface area contributed by atoms with Crippen molar-refractivity contribution in [2.75, 3.05) is 6.61 Å². The van der Waals surface area contributed by atoms with Crippen LogP contribution in [-0.2, 0) is 0 Å². The number of carbonyl (C=O) groups is 1. The average molecular weight is 223 g/mol. The molecule has 0 amide bonds. The molecule has 1 aromatic carbocycles. The molecule has 0 heterocycles. The molecule has 0 unspecified atom stereocenters. The minimum Gasteiger partial charge on any atom is -0.486 e. The van der Waals surface area contributed by atoms with Gasteiger partial charge in [0.1, 0.15) is 0 Å². The Morgan fingerprint density at radius 3 is 2.81 bits per heavy atom. The molecule has 0 bridgehead atoms. The lowest BCUT2D eigenvalue weighted by molar-refractivity contribution is -0.385. The Hall–Kier alpha value is -1.91. The van der Waals surface area contributed by atoms with Crippen LogP contribution in [0.5, 0.6) is 5.75 Å². The molecular weight excluding hydrogens is 210 g/mol. The van der Waals surface area contributed by atoms with Crippen LogP contribution in [0.25, 0.3) is 0 Å². The molecule has 0 saturated heterocycles. The van der Waals surface area contributed by atoms with Gasteiger partial charge in [0.05, 0.1) is 17.1 Å². The fourth-order valence-electron chi connectivity index (χ4n) is 1.25. The highest BCUT2D eigenvalue weighted by molar-refractivity contribution is 5.82. The van der Waals surface area contributed by atoms with Crippen LogP contribution in [0, 0.1) is 10.1 Å². The number of nitro benzene ring substituents is 1. The summed E-state index contributed by atoms with van der Waals surface area (Å²) in [6.45, 7) is 2.37. The molecule has 0 aliphatic rings. The molecule has 0 aromatic heterocycles. The Bertz CT molecular complexity index is 390. The highest BCUT2D eigenvalue weighted by Gasteiger charge is 2.18. The summed E-state index contributed by atoms with van der Waals surface area (Å²) in [5.41, 5.74) is 0.0472. The summed E-state index contributed by atoms with van der Waals surface area (Å²) in [5, 5.41) is 10.7. The van der Waals surface area contributed by atoms with E-state index in [0.717, 1.165) is 12.8 Å². The number of carbonyl (C=O) groups excluding carboxylic acids is 1. The third-order valence-electron chi connectivity index (χ3n) is 2.09. The molecule has 1 rings (SSSR count). The topological polar surface area (TPSA) is 69.4 Å². The van der Waals surface area contributed by atoms with E-state index in [1.165, 1.54) is 18.2 Å². The summed E-state index contributed by atoms with van der Waals surface area (Å²) in [6, 6.07) is 4.30. The second-order valence-electron chi connectivity index (χ2n) is 3.27. The maximum absolute atomic E-state index is 10.7. The van der Waals surface area contributed by atoms with E-state index in [2.05, 4.69) is 0 Å². The van der Waals surface area contributed by atoms with Gasteiger partial charge in [-0.25, -0.2) is 0 Å². The van der Waals surface area contributed by atoms with Crippen LogP contribution in [0.15, 0.2) is 18.2 Å². The summed E-state index contributed by atoms with van der Waals surface area (Å²) in [7, 11) is 0. The first-order valence-corrected chi connectivity index (χ1v) is 5.06. The Morgan fingerprint density at radius 1 is 1.50 bits per heavy atom. The third-order valence-corrected chi connectivity index (χ3v) is 2.09. The van der Waals surface area contributed by atoms with Gasteiger partial charge in [-0.05, 0) is 12.5 Å². The molecule has 0 N–H and O–H groups in total. The lowest BCUT2D eigenvalue weighted by atomic mass is 10.2. The van der Waals surface area contributed by atoms with Crippen LogP contribution in [0.2, 0.25) is 0 Å². The predicted octanol–water partition coefficient (Wildman–Crippen LogP) is 2.59. The van der Waals surface area contributed by atoms with E-state index in [0.29, 0.717) is 12.9 Å². The van der Waals surface area contributed by atoms with Crippen molar-refractivity contribution in [3.63, 3.8) is 0 Å². The number of unbranched alkanes of at least 4 members (excludes halogenated alkanes) is 1. The van der Waals surface area contributed by atoms with E-state index in [1.54, 1.807) is 0 Å².